The van der Waals surface area contributed by atoms with Crippen molar-refractivity contribution in [1.29, 1.82) is 0 Å². The van der Waals surface area contributed by atoms with Crippen molar-refractivity contribution < 1.29 is 4.39 Å². The minimum Gasteiger partial charge on any atom is -0.320 e. The third kappa shape index (κ3) is 3.52. The van der Waals surface area contributed by atoms with Crippen LogP contribution in [0.4, 0.5) is 4.39 Å². The maximum absolute atomic E-state index is 13.9. The molecule has 2 unspecified atom stereocenters. The first-order chi connectivity index (χ1) is 8.95. The van der Waals surface area contributed by atoms with Crippen LogP contribution in [-0.4, -0.2) is 24.0 Å². The molecule has 0 bridgehead atoms. The SMILES string of the molecule is C=CCN(CC=C)C(C)C(C)(N)c1ccccc1F. The lowest BCUT2D eigenvalue weighted by Gasteiger charge is -2.39. The maximum Gasteiger partial charge on any atom is 0.128 e. The lowest BCUT2D eigenvalue weighted by Crippen LogP contribution is -2.53. The summed E-state index contributed by atoms with van der Waals surface area (Å²) in [4.78, 5) is 2.12. The second kappa shape index (κ2) is 6.64. The summed E-state index contributed by atoms with van der Waals surface area (Å²) in [6.45, 7) is 12.7. The highest BCUT2D eigenvalue weighted by molar-refractivity contribution is 5.27. The molecule has 0 saturated heterocycles. The van der Waals surface area contributed by atoms with E-state index in [4.69, 9.17) is 5.73 Å². The predicted molar refractivity (Wildman–Crippen MR) is 79.4 cm³/mol. The normalized spacial score (nSPS) is 15.8. The van der Waals surface area contributed by atoms with Gasteiger partial charge in [0.25, 0.3) is 0 Å². The molecule has 104 valence electrons. The van der Waals surface area contributed by atoms with E-state index in [0.29, 0.717) is 18.7 Å². The molecule has 19 heavy (non-hydrogen) atoms. The van der Waals surface area contributed by atoms with Gasteiger partial charge in [0.2, 0.25) is 0 Å². The van der Waals surface area contributed by atoms with Crippen LogP contribution in [0.1, 0.15) is 19.4 Å². The van der Waals surface area contributed by atoms with Crippen LogP contribution in [0.2, 0.25) is 0 Å². The van der Waals surface area contributed by atoms with Crippen molar-refractivity contribution in [3.63, 3.8) is 0 Å². The van der Waals surface area contributed by atoms with Crippen LogP contribution in [0.5, 0.6) is 0 Å². The van der Waals surface area contributed by atoms with Gasteiger partial charge < -0.3 is 5.73 Å². The zero-order valence-corrected chi connectivity index (χ0v) is 11.8. The first-order valence-electron chi connectivity index (χ1n) is 6.44. The Kier molecular flexibility index (Phi) is 5.45. The standard InChI is InChI=1S/C16H23FN2/c1-5-11-19(12-6-2)13(3)16(4,18)14-9-7-8-10-15(14)17/h5-10,13H,1-2,11-12,18H2,3-4H3. The molecular weight excluding hydrogens is 239 g/mol. The molecule has 0 aliphatic carbocycles. The molecule has 1 rings (SSSR count). The van der Waals surface area contributed by atoms with E-state index < -0.39 is 5.54 Å². The quantitative estimate of drug-likeness (QED) is 0.765. The molecule has 0 aromatic heterocycles. The minimum atomic E-state index is -0.780. The van der Waals surface area contributed by atoms with Crippen molar-refractivity contribution in [1.82, 2.24) is 4.90 Å². The van der Waals surface area contributed by atoms with Crippen molar-refractivity contribution in [3.8, 4) is 0 Å². The molecule has 1 aromatic rings. The van der Waals surface area contributed by atoms with Gasteiger partial charge in [-0.1, -0.05) is 30.4 Å². The van der Waals surface area contributed by atoms with Crippen LogP contribution in [-0.2, 0) is 5.54 Å². The highest BCUT2D eigenvalue weighted by Crippen LogP contribution is 2.27. The van der Waals surface area contributed by atoms with Crippen LogP contribution in [0.3, 0.4) is 0 Å². The van der Waals surface area contributed by atoms with Crippen LogP contribution in [0.25, 0.3) is 0 Å². The van der Waals surface area contributed by atoms with Gasteiger partial charge in [0.1, 0.15) is 5.82 Å². The monoisotopic (exact) mass is 262 g/mol. The number of hydrogen-bond donors (Lipinski definition) is 1. The van der Waals surface area contributed by atoms with Crippen LogP contribution in [0, 0.1) is 5.82 Å². The maximum atomic E-state index is 13.9. The van der Waals surface area contributed by atoms with E-state index >= 15 is 0 Å². The third-order valence-corrected chi connectivity index (χ3v) is 3.60. The summed E-state index contributed by atoms with van der Waals surface area (Å²) in [5.74, 6) is -0.267. The zero-order chi connectivity index (χ0) is 14.5. The topological polar surface area (TPSA) is 29.3 Å². The van der Waals surface area contributed by atoms with Crippen LogP contribution >= 0.6 is 0 Å². The van der Waals surface area contributed by atoms with Gasteiger partial charge in [-0.05, 0) is 19.9 Å². The molecule has 0 aliphatic rings. The van der Waals surface area contributed by atoms with E-state index in [2.05, 4.69) is 18.1 Å². The molecule has 2 N–H and O–H groups in total. The highest BCUT2D eigenvalue weighted by atomic mass is 19.1. The fourth-order valence-electron chi connectivity index (χ4n) is 2.22. The van der Waals surface area contributed by atoms with Gasteiger partial charge >= 0.3 is 0 Å². The molecule has 0 spiro atoms. The molecule has 2 atom stereocenters. The van der Waals surface area contributed by atoms with E-state index in [1.807, 2.05) is 32.1 Å². The molecule has 0 amide bonds. The zero-order valence-electron chi connectivity index (χ0n) is 11.8. The predicted octanol–water partition coefficient (Wildman–Crippen LogP) is 3.06. The Balaban J connectivity index is 3.06. The minimum absolute atomic E-state index is 0.0413. The summed E-state index contributed by atoms with van der Waals surface area (Å²) in [5, 5.41) is 0. The third-order valence-electron chi connectivity index (χ3n) is 3.60. The summed E-state index contributed by atoms with van der Waals surface area (Å²) in [6, 6.07) is 6.62. The fraction of sp³-hybridized carbons (Fsp3) is 0.375. The Bertz CT molecular complexity index is 430. The summed E-state index contributed by atoms with van der Waals surface area (Å²) in [5.41, 5.74) is 6.14. The number of nitrogens with two attached hydrogens (primary N) is 1. The Hall–Kier alpha value is -1.45. The number of rotatable bonds is 7. The lowest BCUT2D eigenvalue weighted by molar-refractivity contribution is 0.167. The summed E-state index contributed by atoms with van der Waals surface area (Å²) >= 11 is 0. The van der Waals surface area contributed by atoms with Crippen LogP contribution in [0.15, 0.2) is 49.6 Å². The Morgan fingerprint density at radius 3 is 2.32 bits per heavy atom. The van der Waals surface area contributed by atoms with E-state index in [1.54, 1.807) is 12.1 Å². The van der Waals surface area contributed by atoms with Crippen molar-refractivity contribution in [3.05, 3.63) is 61.0 Å². The van der Waals surface area contributed by atoms with Gasteiger partial charge in [0.05, 0.1) is 5.54 Å². The molecule has 3 heteroatoms. The van der Waals surface area contributed by atoms with E-state index in [1.165, 1.54) is 6.07 Å². The fourth-order valence-corrected chi connectivity index (χ4v) is 2.22. The largest absolute Gasteiger partial charge is 0.320 e. The molecule has 0 heterocycles. The van der Waals surface area contributed by atoms with E-state index in [9.17, 15) is 4.39 Å². The highest BCUT2D eigenvalue weighted by Gasteiger charge is 2.34. The van der Waals surface area contributed by atoms with Crippen molar-refractivity contribution in [2.75, 3.05) is 13.1 Å². The van der Waals surface area contributed by atoms with Crippen molar-refractivity contribution >= 4 is 0 Å². The van der Waals surface area contributed by atoms with E-state index in [0.717, 1.165) is 0 Å². The van der Waals surface area contributed by atoms with Gasteiger partial charge in [-0.3, -0.25) is 4.90 Å². The molecule has 2 nitrogen and oxygen atoms in total. The second-order valence-corrected chi connectivity index (χ2v) is 4.97. The van der Waals surface area contributed by atoms with Crippen LogP contribution < -0.4 is 5.73 Å². The first-order valence-corrected chi connectivity index (χ1v) is 6.44. The van der Waals surface area contributed by atoms with Gasteiger partial charge in [-0.15, -0.1) is 13.2 Å². The Morgan fingerprint density at radius 2 is 1.84 bits per heavy atom. The number of halogens is 1. The summed E-state index contributed by atoms with van der Waals surface area (Å²) in [6.07, 6.45) is 3.63. The molecule has 0 saturated carbocycles. The van der Waals surface area contributed by atoms with Gasteiger partial charge in [-0.2, -0.15) is 0 Å². The molecule has 0 aliphatic heterocycles. The smallest absolute Gasteiger partial charge is 0.128 e. The molecule has 0 fully saturated rings. The average Bonchev–Trinajstić information content (AvgIpc) is 2.38. The summed E-state index contributed by atoms with van der Waals surface area (Å²) < 4.78 is 13.9. The Morgan fingerprint density at radius 1 is 1.32 bits per heavy atom. The lowest BCUT2D eigenvalue weighted by atomic mass is 9.85. The second-order valence-electron chi connectivity index (χ2n) is 4.97. The first kappa shape index (κ1) is 15.6. The molecule has 1 aromatic carbocycles. The molecular formula is C16H23FN2. The number of nitrogens with zero attached hydrogens (tertiary/aromatic N) is 1. The summed E-state index contributed by atoms with van der Waals surface area (Å²) in [7, 11) is 0. The average molecular weight is 262 g/mol. The Labute approximate surface area is 115 Å². The van der Waals surface area contributed by atoms with Gasteiger partial charge in [0, 0.05) is 24.7 Å². The van der Waals surface area contributed by atoms with Crippen molar-refractivity contribution in [2.45, 2.75) is 25.4 Å². The van der Waals surface area contributed by atoms with Crippen molar-refractivity contribution in [2.24, 2.45) is 5.73 Å². The number of hydrogen-bond acceptors (Lipinski definition) is 2. The van der Waals surface area contributed by atoms with E-state index in [-0.39, 0.29) is 11.9 Å². The van der Waals surface area contributed by atoms with Gasteiger partial charge in [-0.25, -0.2) is 4.39 Å². The molecule has 0 radical (unpaired) electrons. The number of benzene rings is 1. The van der Waals surface area contributed by atoms with Gasteiger partial charge in [0.15, 0.2) is 0 Å².